The minimum Gasteiger partial charge on any atom is -0.480 e. The van der Waals surface area contributed by atoms with Gasteiger partial charge in [-0.15, -0.1) is 10.2 Å². The van der Waals surface area contributed by atoms with Gasteiger partial charge in [0.05, 0.1) is 65.0 Å². The molecule has 88 heavy (non-hydrogen) atoms. The van der Waals surface area contributed by atoms with Crippen LogP contribution in [0.4, 0.5) is 0 Å². The van der Waals surface area contributed by atoms with Gasteiger partial charge in [-0.1, -0.05) is 95.6 Å². The van der Waals surface area contributed by atoms with Crippen LogP contribution in [0, 0.1) is 0 Å². The van der Waals surface area contributed by atoms with Gasteiger partial charge in [0.15, 0.2) is 11.6 Å². The third-order valence-electron chi connectivity index (χ3n) is 13.4. The lowest BCUT2D eigenvalue weighted by Crippen LogP contribution is -2.60. The molecular formula is C55H92N16O17. The molecule has 0 fully saturated rings. The number of aliphatic carboxylic acids is 2. The van der Waals surface area contributed by atoms with Crippen LogP contribution in [-0.4, -0.2) is 224 Å². The number of aliphatic hydroxyl groups is 1. The fraction of sp³-hybridized carbons (Fsp3) is 0.709. The molecule has 0 aromatic carbocycles. The van der Waals surface area contributed by atoms with Crippen molar-refractivity contribution in [3.63, 3.8) is 0 Å². The predicted octanol–water partition coefficient (Wildman–Crippen LogP) is -2.52. The minimum absolute atomic E-state index is 0.0160. The van der Waals surface area contributed by atoms with Gasteiger partial charge >= 0.3 is 11.9 Å². The number of carbonyl (C=O) groups is 12. The van der Waals surface area contributed by atoms with Crippen LogP contribution in [0.1, 0.15) is 147 Å². The molecule has 0 saturated heterocycles. The first-order chi connectivity index (χ1) is 42.2. The average Bonchev–Trinajstić information content (AvgIpc) is 4.33. The molecule has 494 valence electrons. The molecule has 2 heterocycles. The number of carbonyl (C=O) groups excluding carboxylic acids is 10. The van der Waals surface area contributed by atoms with Crippen LogP contribution in [0.5, 0.6) is 0 Å². The third-order valence-corrected chi connectivity index (χ3v) is 13.4. The van der Waals surface area contributed by atoms with E-state index in [1.807, 2.05) is 6.92 Å². The van der Waals surface area contributed by atoms with Gasteiger partial charge in [0, 0.05) is 50.7 Å². The molecule has 0 aliphatic heterocycles. The summed E-state index contributed by atoms with van der Waals surface area (Å²) in [7, 11) is 0. The number of hydrogen-bond acceptors (Lipinski definition) is 20. The van der Waals surface area contributed by atoms with Crippen molar-refractivity contribution in [3.8, 4) is 0 Å². The summed E-state index contributed by atoms with van der Waals surface area (Å²) in [5.74, 6) is -10.3. The van der Waals surface area contributed by atoms with Gasteiger partial charge in [0.1, 0.15) is 30.8 Å². The SMILES string of the molecule is CCCC[C@H](NC(=O)[C@H](CNC(=O)[C@H](Cc1cnc[nH]1)NC(=O)[C@H](CCC(N)=O)NC(=O)[C@H](CO)NC(=O)CNC(=O)COCCOCCNC(=O)CCCCCCCCCCCCCCCc1nn[nH]n1)NC(=O)CN(CC(=O)O)CC(=O)O)C(C)=O. The Kier molecular flexibility index (Phi) is 39.9. The summed E-state index contributed by atoms with van der Waals surface area (Å²) in [6, 6.07) is -7.57. The summed E-state index contributed by atoms with van der Waals surface area (Å²) >= 11 is 0. The van der Waals surface area contributed by atoms with Crippen LogP contribution in [-0.2, 0) is 79.8 Å². The van der Waals surface area contributed by atoms with E-state index >= 15 is 0 Å². The van der Waals surface area contributed by atoms with E-state index in [2.05, 4.69) is 73.1 Å². The Balaban J connectivity index is 1.83. The maximum atomic E-state index is 13.9. The molecule has 2 rings (SSSR count). The van der Waals surface area contributed by atoms with Crippen molar-refractivity contribution >= 4 is 70.9 Å². The number of nitrogens with two attached hydrogens (primary N) is 1. The predicted molar refractivity (Wildman–Crippen MR) is 313 cm³/mol. The zero-order valence-corrected chi connectivity index (χ0v) is 50.5. The number of nitrogens with zero attached hydrogens (tertiary/aromatic N) is 5. The number of Topliss-reactive ketones (excluding diaryl/α,β-unsaturated/α-hetero) is 1. The molecule has 2 aromatic rings. The fourth-order valence-electron chi connectivity index (χ4n) is 8.72. The van der Waals surface area contributed by atoms with Crippen LogP contribution in [0.2, 0.25) is 0 Å². The Bertz CT molecular complexity index is 2420. The number of tetrazole rings is 1. The molecule has 9 amide bonds. The van der Waals surface area contributed by atoms with E-state index in [1.165, 1.54) is 70.8 Å². The van der Waals surface area contributed by atoms with Crippen molar-refractivity contribution < 1.29 is 82.3 Å². The molecule has 2 aromatic heterocycles. The van der Waals surface area contributed by atoms with Crippen molar-refractivity contribution in [2.45, 2.75) is 179 Å². The number of aromatic nitrogens is 6. The first-order valence-corrected chi connectivity index (χ1v) is 29.9. The van der Waals surface area contributed by atoms with E-state index in [0.29, 0.717) is 31.5 Å². The summed E-state index contributed by atoms with van der Waals surface area (Å²) in [5, 5.41) is 62.0. The van der Waals surface area contributed by atoms with Gasteiger partial charge < -0.3 is 78.0 Å². The minimum atomic E-state index is -1.71. The van der Waals surface area contributed by atoms with Crippen molar-refractivity contribution in [1.82, 2.24) is 78.0 Å². The van der Waals surface area contributed by atoms with E-state index in [1.54, 1.807) is 0 Å². The number of aromatic amines is 2. The number of aryl methyl sites for hydroxylation is 1. The number of nitrogens with one attached hydrogen (secondary N) is 10. The number of aliphatic hydroxyl groups excluding tert-OH is 1. The molecule has 33 nitrogen and oxygen atoms in total. The van der Waals surface area contributed by atoms with Gasteiger partial charge in [-0.25, -0.2) is 4.98 Å². The van der Waals surface area contributed by atoms with Crippen LogP contribution >= 0.6 is 0 Å². The Morgan fingerprint density at radius 1 is 0.602 bits per heavy atom. The van der Waals surface area contributed by atoms with Crippen molar-refractivity contribution in [3.05, 3.63) is 24.0 Å². The number of carboxylic acids is 2. The zero-order chi connectivity index (χ0) is 64.9. The lowest BCUT2D eigenvalue weighted by atomic mass is 10.0. The van der Waals surface area contributed by atoms with E-state index in [4.69, 9.17) is 15.2 Å². The van der Waals surface area contributed by atoms with Gasteiger partial charge in [-0.05, 0) is 32.6 Å². The Hall–Kier alpha value is -8.04. The first kappa shape index (κ1) is 76.1. The first-order valence-electron chi connectivity index (χ1n) is 29.9. The number of unbranched alkanes of at least 4 members (excludes halogenated alkanes) is 13. The maximum Gasteiger partial charge on any atom is 0.317 e. The van der Waals surface area contributed by atoms with Crippen LogP contribution < -0.4 is 48.3 Å². The second-order valence-corrected chi connectivity index (χ2v) is 21.0. The summed E-state index contributed by atoms with van der Waals surface area (Å²) in [4.78, 5) is 160. The van der Waals surface area contributed by atoms with E-state index in [0.717, 1.165) is 49.2 Å². The highest BCUT2D eigenvalue weighted by molar-refractivity contribution is 5.96. The molecule has 0 aliphatic carbocycles. The molecular weight excluding hydrogens is 1160 g/mol. The van der Waals surface area contributed by atoms with Gasteiger partial charge in [-0.2, -0.15) is 5.21 Å². The number of carboxylic acid groups (broad SMARTS) is 2. The molecule has 0 saturated carbocycles. The highest BCUT2D eigenvalue weighted by atomic mass is 16.5. The largest absolute Gasteiger partial charge is 0.480 e. The number of rotatable bonds is 53. The molecule has 0 spiro atoms. The highest BCUT2D eigenvalue weighted by Gasteiger charge is 2.32. The zero-order valence-electron chi connectivity index (χ0n) is 50.5. The molecule has 0 aliphatic rings. The molecule has 15 N–H and O–H groups in total. The Labute approximate surface area is 510 Å². The van der Waals surface area contributed by atoms with Crippen molar-refractivity contribution in [2.75, 3.05) is 72.3 Å². The summed E-state index contributed by atoms with van der Waals surface area (Å²) in [6.45, 7) is -1.63. The number of H-pyrrole nitrogens is 2. The molecule has 0 bridgehead atoms. The normalized spacial score (nSPS) is 12.8. The lowest BCUT2D eigenvalue weighted by molar-refractivity contribution is -0.143. The second-order valence-electron chi connectivity index (χ2n) is 21.0. The Morgan fingerprint density at radius 3 is 1.77 bits per heavy atom. The highest BCUT2D eigenvalue weighted by Crippen LogP contribution is 2.14. The van der Waals surface area contributed by atoms with Crippen molar-refractivity contribution in [2.24, 2.45) is 5.73 Å². The summed E-state index contributed by atoms with van der Waals surface area (Å²) in [5.41, 5.74) is 5.64. The maximum absolute atomic E-state index is 13.9. The number of ketones is 1. The number of imidazole rings is 1. The fourth-order valence-corrected chi connectivity index (χ4v) is 8.72. The number of hydrogen-bond donors (Lipinski definition) is 14. The van der Waals surface area contributed by atoms with Gasteiger partial charge in [0.2, 0.25) is 53.2 Å². The van der Waals surface area contributed by atoms with Crippen LogP contribution in [0.15, 0.2) is 12.5 Å². The summed E-state index contributed by atoms with van der Waals surface area (Å²) in [6.07, 6.45) is 19.1. The van der Waals surface area contributed by atoms with Crippen LogP contribution in [0.25, 0.3) is 0 Å². The number of primary amides is 1. The Morgan fingerprint density at radius 2 is 1.19 bits per heavy atom. The van der Waals surface area contributed by atoms with Gasteiger partial charge in [0.25, 0.3) is 0 Å². The topological polar surface area (TPSA) is 493 Å². The number of amides is 9. The third kappa shape index (κ3) is 36.8. The van der Waals surface area contributed by atoms with Crippen LogP contribution in [0.3, 0.4) is 0 Å². The van der Waals surface area contributed by atoms with Gasteiger partial charge in [-0.3, -0.25) is 62.4 Å². The second kappa shape index (κ2) is 46.2. The number of ether oxygens (including phenoxy) is 2. The molecule has 5 atom stereocenters. The standard InChI is InChI=1S/C55H92N16O17/c1-3-4-18-39(37(2)73)64-54(85)42(62-48(77)31-71(32-50(79)80)33-51(81)82)29-60-52(83)41(27-38-28-57-36-61-38)66-53(84)40(21-22-44(56)74)65-55(86)43(34-72)63-47(76)30-59-49(78)35-88-26-25-87-24-23-58-46(75)20-17-15-13-11-9-7-5-6-8-10-12-14-16-19-45-67-69-70-68-45/h28,36,39-43,72H,3-27,29-35H2,1-2H3,(H2,56,74)(H,57,61)(H,58,75)(H,59,78)(H,60,83)(H,62,77)(H,63,76)(H,64,85)(H,65,86)(H,66,84)(H,79,80)(H,81,82)(H,67,68,69,70)/t39-,40-,41-,42-,43-/m0/s1. The molecule has 0 unspecified atom stereocenters. The van der Waals surface area contributed by atoms with E-state index in [-0.39, 0.29) is 38.6 Å². The van der Waals surface area contributed by atoms with E-state index < -0.39 is 154 Å². The quantitative estimate of drug-likeness (QED) is 0.0304. The molecule has 0 radical (unpaired) electrons. The lowest BCUT2D eigenvalue weighted by Gasteiger charge is -2.26. The average molecular weight is 1250 g/mol. The summed E-state index contributed by atoms with van der Waals surface area (Å²) < 4.78 is 10.7. The van der Waals surface area contributed by atoms with Crippen molar-refractivity contribution in [1.29, 1.82) is 0 Å². The monoisotopic (exact) mass is 1250 g/mol. The van der Waals surface area contributed by atoms with E-state index in [9.17, 15) is 72.9 Å². The smallest absolute Gasteiger partial charge is 0.317 e. The molecule has 33 heteroatoms.